The largest absolute Gasteiger partial charge is 0.328 e. The normalized spacial score (nSPS) is 10.3. The Morgan fingerprint density at radius 3 is 2.85 bits per heavy atom. The molecule has 0 radical (unpaired) electrons. The van der Waals surface area contributed by atoms with E-state index in [-0.39, 0.29) is 11.0 Å². The number of carbonyl (C=O) groups excluding carboxylic acids is 1. The maximum absolute atomic E-state index is 11.8. The van der Waals surface area contributed by atoms with Crippen molar-refractivity contribution in [3.8, 4) is 0 Å². The molecule has 8 heteroatoms. The first-order valence-corrected chi connectivity index (χ1v) is 6.47. The SMILES string of the molecule is Cc1ccc(NC(=O)Cn2cc(Br)c(=O)[nH]c2=O)nc1. The van der Waals surface area contributed by atoms with Gasteiger partial charge in [-0.3, -0.25) is 19.1 Å². The van der Waals surface area contributed by atoms with E-state index in [0.717, 1.165) is 10.1 Å². The number of aromatic nitrogens is 3. The minimum atomic E-state index is -0.648. The quantitative estimate of drug-likeness (QED) is 0.858. The monoisotopic (exact) mass is 338 g/mol. The molecular weight excluding hydrogens is 328 g/mol. The Bertz CT molecular complexity index is 749. The number of pyridine rings is 1. The summed E-state index contributed by atoms with van der Waals surface area (Å²) in [7, 11) is 0. The molecule has 0 aliphatic rings. The van der Waals surface area contributed by atoms with E-state index >= 15 is 0 Å². The number of rotatable bonds is 3. The summed E-state index contributed by atoms with van der Waals surface area (Å²) in [6, 6.07) is 3.48. The van der Waals surface area contributed by atoms with Gasteiger partial charge in [0.2, 0.25) is 5.91 Å². The van der Waals surface area contributed by atoms with Crippen LogP contribution < -0.4 is 16.6 Å². The molecule has 0 saturated heterocycles. The highest BCUT2D eigenvalue weighted by Crippen LogP contribution is 2.04. The van der Waals surface area contributed by atoms with Crippen LogP contribution in [0.5, 0.6) is 0 Å². The van der Waals surface area contributed by atoms with E-state index in [0.29, 0.717) is 5.82 Å². The van der Waals surface area contributed by atoms with Crippen molar-refractivity contribution in [1.29, 1.82) is 0 Å². The Morgan fingerprint density at radius 2 is 2.20 bits per heavy atom. The average molecular weight is 339 g/mol. The minimum absolute atomic E-state index is 0.179. The van der Waals surface area contributed by atoms with Crippen LogP contribution in [-0.2, 0) is 11.3 Å². The summed E-state index contributed by atoms with van der Waals surface area (Å²) in [5.41, 5.74) is -0.208. The van der Waals surface area contributed by atoms with Gasteiger partial charge in [0, 0.05) is 12.4 Å². The smallest absolute Gasteiger partial charge is 0.309 e. The first-order valence-electron chi connectivity index (χ1n) is 5.67. The zero-order valence-corrected chi connectivity index (χ0v) is 12.1. The number of amides is 1. The third-order valence-corrected chi connectivity index (χ3v) is 3.03. The molecule has 0 aromatic carbocycles. The highest BCUT2D eigenvalue weighted by atomic mass is 79.9. The zero-order chi connectivity index (χ0) is 14.7. The molecule has 0 bridgehead atoms. The number of H-pyrrole nitrogens is 1. The highest BCUT2D eigenvalue weighted by Gasteiger charge is 2.08. The second-order valence-corrected chi connectivity index (χ2v) is 4.99. The number of hydrogen-bond acceptors (Lipinski definition) is 4. The number of halogens is 1. The Labute approximate surface area is 121 Å². The lowest BCUT2D eigenvalue weighted by molar-refractivity contribution is -0.116. The summed E-state index contributed by atoms with van der Waals surface area (Å²) >= 11 is 3.00. The lowest BCUT2D eigenvalue weighted by Crippen LogP contribution is -2.33. The van der Waals surface area contributed by atoms with Crippen molar-refractivity contribution in [3.05, 3.63) is 55.4 Å². The van der Waals surface area contributed by atoms with Crippen molar-refractivity contribution in [2.75, 3.05) is 5.32 Å². The van der Waals surface area contributed by atoms with Crippen molar-refractivity contribution in [2.24, 2.45) is 0 Å². The second kappa shape index (κ2) is 5.83. The number of aromatic amines is 1. The molecule has 0 saturated carbocycles. The van der Waals surface area contributed by atoms with Crippen molar-refractivity contribution >= 4 is 27.7 Å². The molecule has 0 aliphatic heterocycles. The Morgan fingerprint density at radius 1 is 1.45 bits per heavy atom. The van der Waals surface area contributed by atoms with Crippen molar-refractivity contribution in [3.63, 3.8) is 0 Å². The molecule has 20 heavy (non-hydrogen) atoms. The molecule has 2 rings (SSSR count). The number of aryl methyl sites for hydroxylation is 1. The first kappa shape index (κ1) is 14.2. The Hall–Kier alpha value is -2.22. The lowest BCUT2D eigenvalue weighted by atomic mass is 10.3. The van der Waals surface area contributed by atoms with Crippen LogP contribution in [0.1, 0.15) is 5.56 Å². The summed E-state index contributed by atoms with van der Waals surface area (Å²) in [5, 5.41) is 2.56. The Balaban J connectivity index is 2.12. The molecule has 0 spiro atoms. The molecule has 0 unspecified atom stereocenters. The van der Waals surface area contributed by atoms with Gasteiger partial charge in [-0.05, 0) is 34.5 Å². The van der Waals surface area contributed by atoms with E-state index in [1.54, 1.807) is 12.3 Å². The summed E-state index contributed by atoms with van der Waals surface area (Å²) in [6.07, 6.45) is 2.89. The van der Waals surface area contributed by atoms with Crippen LogP contribution in [-0.4, -0.2) is 20.4 Å². The molecule has 0 atom stereocenters. The minimum Gasteiger partial charge on any atom is -0.309 e. The predicted octanol–water partition coefficient (Wildman–Crippen LogP) is 0.641. The predicted molar refractivity (Wildman–Crippen MR) is 76.6 cm³/mol. The van der Waals surface area contributed by atoms with Crippen LogP contribution in [0.15, 0.2) is 38.6 Å². The van der Waals surface area contributed by atoms with E-state index in [1.165, 1.54) is 6.20 Å². The fourth-order valence-electron chi connectivity index (χ4n) is 1.48. The molecule has 104 valence electrons. The second-order valence-electron chi connectivity index (χ2n) is 4.13. The molecule has 7 nitrogen and oxygen atoms in total. The zero-order valence-electron chi connectivity index (χ0n) is 10.5. The van der Waals surface area contributed by atoms with Gasteiger partial charge in [0.15, 0.2) is 0 Å². The van der Waals surface area contributed by atoms with E-state index < -0.39 is 17.2 Å². The van der Waals surface area contributed by atoms with Crippen LogP contribution in [0.3, 0.4) is 0 Å². The van der Waals surface area contributed by atoms with Gasteiger partial charge >= 0.3 is 5.69 Å². The lowest BCUT2D eigenvalue weighted by Gasteiger charge is -2.06. The summed E-state index contributed by atoms with van der Waals surface area (Å²) in [4.78, 5) is 40.6. The summed E-state index contributed by atoms with van der Waals surface area (Å²) in [5.74, 6) is -0.0143. The number of nitrogens with one attached hydrogen (secondary N) is 2. The first-order chi connectivity index (χ1) is 9.45. The third-order valence-electron chi connectivity index (χ3n) is 2.46. The number of carbonyl (C=O) groups is 1. The standard InChI is InChI=1S/C12H11BrN4O3/c1-7-2-3-9(14-4-7)15-10(18)6-17-5-8(13)11(19)16-12(17)20/h2-5H,6H2,1H3,(H,14,15,18)(H,16,19,20). The van der Waals surface area contributed by atoms with E-state index in [9.17, 15) is 14.4 Å². The van der Waals surface area contributed by atoms with Crippen LogP contribution >= 0.6 is 15.9 Å². The number of anilines is 1. The van der Waals surface area contributed by atoms with E-state index in [1.807, 2.05) is 13.0 Å². The maximum atomic E-state index is 11.8. The molecule has 2 N–H and O–H groups in total. The summed E-state index contributed by atoms with van der Waals surface area (Å²) < 4.78 is 1.27. The average Bonchev–Trinajstić information content (AvgIpc) is 2.39. The van der Waals surface area contributed by atoms with Crippen molar-refractivity contribution in [2.45, 2.75) is 13.5 Å². The van der Waals surface area contributed by atoms with Gasteiger partial charge in [0.1, 0.15) is 12.4 Å². The van der Waals surface area contributed by atoms with Gasteiger partial charge in [-0.15, -0.1) is 0 Å². The molecule has 0 aliphatic carbocycles. The summed E-state index contributed by atoms with van der Waals surface area (Å²) in [6.45, 7) is 1.67. The highest BCUT2D eigenvalue weighted by molar-refractivity contribution is 9.10. The van der Waals surface area contributed by atoms with Gasteiger partial charge in [-0.25, -0.2) is 9.78 Å². The number of hydrogen-bond donors (Lipinski definition) is 2. The fraction of sp³-hybridized carbons (Fsp3) is 0.167. The van der Waals surface area contributed by atoms with Gasteiger partial charge in [-0.1, -0.05) is 6.07 Å². The fourth-order valence-corrected chi connectivity index (χ4v) is 1.83. The third kappa shape index (κ3) is 3.41. The van der Waals surface area contributed by atoms with E-state index in [4.69, 9.17) is 0 Å². The molecule has 0 fully saturated rings. The van der Waals surface area contributed by atoms with Crippen molar-refractivity contribution < 1.29 is 4.79 Å². The van der Waals surface area contributed by atoms with Crippen LogP contribution in [0.4, 0.5) is 5.82 Å². The Kier molecular flexibility index (Phi) is 4.14. The topological polar surface area (TPSA) is 96.9 Å². The molecular formula is C12H11BrN4O3. The molecule has 1 amide bonds. The molecule has 2 heterocycles. The van der Waals surface area contributed by atoms with Gasteiger partial charge in [-0.2, -0.15) is 0 Å². The van der Waals surface area contributed by atoms with Crippen LogP contribution in [0, 0.1) is 6.92 Å². The van der Waals surface area contributed by atoms with Crippen molar-refractivity contribution in [1.82, 2.24) is 14.5 Å². The maximum Gasteiger partial charge on any atom is 0.328 e. The number of nitrogens with zero attached hydrogens (tertiary/aromatic N) is 2. The van der Waals surface area contributed by atoms with E-state index in [2.05, 4.69) is 31.2 Å². The molecule has 2 aromatic heterocycles. The van der Waals surface area contributed by atoms with Gasteiger partial charge in [0.25, 0.3) is 5.56 Å². The van der Waals surface area contributed by atoms with Crippen LogP contribution in [0.25, 0.3) is 0 Å². The van der Waals surface area contributed by atoms with Gasteiger partial charge in [0.05, 0.1) is 4.47 Å². The van der Waals surface area contributed by atoms with Crippen LogP contribution in [0.2, 0.25) is 0 Å². The van der Waals surface area contributed by atoms with Gasteiger partial charge < -0.3 is 5.32 Å². The molecule has 2 aromatic rings.